The van der Waals surface area contributed by atoms with Crippen LogP contribution in [-0.2, 0) is 0 Å². The summed E-state index contributed by atoms with van der Waals surface area (Å²) in [7, 11) is 0. The van der Waals surface area contributed by atoms with Gasteiger partial charge in [0.25, 0.3) is 0 Å². The van der Waals surface area contributed by atoms with Crippen molar-refractivity contribution in [2.24, 2.45) is 0 Å². The fourth-order valence-electron chi connectivity index (χ4n) is 0.438. The number of aryl methyl sites for hydroxylation is 2. The van der Waals surface area contributed by atoms with E-state index in [2.05, 4.69) is 15.3 Å². The number of aromatic nitrogens is 4. The molecule has 1 rings (SSSR count). The minimum absolute atomic E-state index is 0.320. The molecule has 0 aliphatic rings. The van der Waals surface area contributed by atoms with Gasteiger partial charge in [0, 0.05) is 6.92 Å². The monoisotopic (exact) mass is 127 g/mol. The maximum absolute atomic E-state index is 10.6. The highest BCUT2D eigenvalue weighted by molar-refractivity contribution is 4.67. The maximum Gasteiger partial charge on any atom is 0.388 e. The fraction of sp³-hybridized carbons (Fsp3) is 0.500. The highest BCUT2D eigenvalue weighted by Gasteiger charge is 2.02. The second kappa shape index (κ2) is 1.93. The average molecular weight is 127 g/mol. The van der Waals surface area contributed by atoms with Crippen LogP contribution in [0, 0.1) is 18.8 Å². The van der Waals surface area contributed by atoms with E-state index in [1.54, 1.807) is 13.8 Å². The molecule has 0 radical (unpaired) electrons. The lowest BCUT2D eigenvalue weighted by molar-refractivity contribution is -0.577. The molecule has 5 nitrogen and oxygen atoms in total. The van der Waals surface area contributed by atoms with Crippen molar-refractivity contribution >= 4 is 0 Å². The molecule has 0 fully saturated rings. The van der Waals surface area contributed by atoms with Crippen molar-refractivity contribution in [3.8, 4) is 0 Å². The molecule has 0 spiro atoms. The van der Waals surface area contributed by atoms with Crippen molar-refractivity contribution < 1.29 is 4.54 Å². The summed E-state index contributed by atoms with van der Waals surface area (Å²) in [5.41, 5.74) is 0. The summed E-state index contributed by atoms with van der Waals surface area (Å²) in [5, 5.41) is 9.59. The van der Waals surface area contributed by atoms with Gasteiger partial charge in [0.2, 0.25) is 0 Å². The smallest absolute Gasteiger partial charge is 0.168 e. The first kappa shape index (κ1) is 5.87. The maximum atomic E-state index is 10.6. The van der Waals surface area contributed by atoms with Gasteiger partial charge >= 0.3 is 5.82 Å². The summed E-state index contributed by atoms with van der Waals surface area (Å²) in [4.78, 5) is 10.6. The largest absolute Gasteiger partial charge is 0.388 e. The second-order valence-electron chi connectivity index (χ2n) is 1.74. The molecule has 0 saturated carbocycles. The third-order valence-electron chi connectivity index (χ3n) is 0.902. The number of H-pyrrole nitrogens is 1. The molecule has 9 heavy (non-hydrogen) atoms. The van der Waals surface area contributed by atoms with Crippen molar-refractivity contribution in [2.45, 2.75) is 13.8 Å². The second-order valence-corrected chi connectivity index (χ2v) is 1.74. The molecule has 0 bridgehead atoms. The molecule has 0 aliphatic carbocycles. The van der Waals surface area contributed by atoms with Crippen LogP contribution in [0.25, 0.3) is 0 Å². The van der Waals surface area contributed by atoms with Crippen LogP contribution in [0.15, 0.2) is 0 Å². The van der Waals surface area contributed by atoms with Crippen molar-refractivity contribution in [3.63, 3.8) is 0 Å². The van der Waals surface area contributed by atoms with Crippen LogP contribution in [-0.4, -0.2) is 15.3 Å². The molecule has 48 valence electrons. The Labute approximate surface area is 51.3 Å². The molecule has 0 atom stereocenters. The van der Waals surface area contributed by atoms with Crippen molar-refractivity contribution in [2.75, 3.05) is 0 Å². The molecule has 0 amide bonds. The Balaban J connectivity index is 3.34. The number of rotatable bonds is 0. The summed E-state index contributed by atoms with van der Waals surface area (Å²) in [6.45, 7) is 3.25. The lowest BCUT2D eigenvalue weighted by Crippen LogP contribution is -2.26. The van der Waals surface area contributed by atoms with E-state index in [-0.39, 0.29) is 0 Å². The summed E-state index contributed by atoms with van der Waals surface area (Å²) < 4.78 is 0.572. The fourth-order valence-corrected chi connectivity index (χ4v) is 0.438. The Bertz CT molecular complexity index is 266. The highest BCUT2D eigenvalue weighted by atomic mass is 16.3. The summed E-state index contributed by atoms with van der Waals surface area (Å²) in [5.74, 6) is 0.830. The molecule has 1 heterocycles. The Hall–Kier alpha value is -1.26. The van der Waals surface area contributed by atoms with Crippen LogP contribution < -0.4 is 4.54 Å². The van der Waals surface area contributed by atoms with Crippen molar-refractivity contribution in [1.82, 2.24) is 15.3 Å². The quantitative estimate of drug-likeness (QED) is 0.470. The van der Waals surface area contributed by atoms with Gasteiger partial charge in [-0.25, -0.2) is 0 Å². The Morgan fingerprint density at radius 1 is 1.44 bits per heavy atom. The molecule has 1 N–H and O–H groups in total. The average Bonchev–Trinajstić information content (AvgIpc) is 1.80. The molecule has 0 unspecified atom stereocenters. The zero-order valence-corrected chi connectivity index (χ0v) is 5.25. The number of hydrogen-bond acceptors (Lipinski definition) is 3. The van der Waals surface area contributed by atoms with Crippen molar-refractivity contribution in [3.05, 3.63) is 16.6 Å². The minimum atomic E-state index is 0.320. The van der Waals surface area contributed by atoms with E-state index >= 15 is 0 Å². The lowest BCUT2D eigenvalue weighted by atomic mass is 10.7. The topological polar surface area (TPSA) is 64.5 Å². The molecule has 1 aromatic rings. The van der Waals surface area contributed by atoms with E-state index < -0.39 is 0 Å². The van der Waals surface area contributed by atoms with Gasteiger partial charge < -0.3 is 0 Å². The van der Waals surface area contributed by atoms with E-state index in [9.17, 15) is 4.91 Å². The summed E-state index contributed by atoms with van der Waals surface area (Å²) in [6.07, 6.45) is 0. The van der Waals surface area contributed by atoms with E-state index in [4.69, 9.17) is 0 Å². The zero-order chi connectivity index (χ0) is 6.85. The highest BCUT2D eigenvalue weighted by Crippen LogP contribution is 1.74. The molecule has 1 aromatic heterocycles. The molecule has 0 saturated heterocycles. The third-order valence-corrected chi connectivity index (χ3v) is 0.902. The lowest BCUT2D eigenvalue weighted by Gasteiger charge is -1.79. The number of nitrogens with zero attached hydrogens (tertiary/aromatic N) is 3. The molecule has 0 aliphatic heterocycles. The van der Waals surface area contributed by atoms with Crippen LogP contribution in [0.3, 0.4) is 0 Å². The molecular formula is C4H7N4O+. The Morgan fingerprint density at radius 2 is 2.11 bits per heavy atom. The van der Waals surface area contributed by atoms with Gasteiger partial charge in [-0.2, -0.15) is 5.10 Å². The first-order chi connectivity index (χ1) is 4.20. The van der Waals surface area contributed by atoms with Gasteiger partial charge in [-0.3, -0.25) is 0 Å². The summed E-state index contributed by atoms with van der Waals surface area (Å²) in [6, 6.07) is 0. The predicted octanol–water partition coefficient (Wildman–Crippen LogP) is -0.664. The van der Waals surface area contributed by atoms with Crippen LogP contribution in [0.5, 0.6) is 0 Å². The van der Waals surface area contributed by atoms with Crippen LogP contribution in [0.1, 0.15) is 11.6 Å². The van der Waals surface area contributed by atoms with Gasteiger partial charge in [-0.15, -0.1) is 0 Å². The number of hydrogen-bond donors (Lipinski definition) is 1. The Kier molecular flexibility index (Phi) is 1.26. The SMILES string of the molecule is Cc1nnc(C)[n+](=O)[nH]1. The van der Waals surface area contributed by atoms with E-state index in [1.807, 2.05) is 0 Å². The van der Waals surface area contributed by atoms with E-state index in [0.717, 1.165) is 0 Å². The van der Waals surface area contributed by atoms with Gasteiger partial charge in [-0.05, 0) is 10.0 Å². The third kappa shape index (κ3) is 1.10. The number of nitrogens with one attached hydrogen (secondary N) is 1. The van der Waals surface area contributed by atoms with Crippen LogP contribution in [0.4, 0.5) is 0 Å². The molecule has 0 aromatic carbocycles. The van der Waals surface area contributed by atoms with Crippen LogP contribution >= 0.6 is 0 Å². The molecular weight excluding hydrogens is 120 g/mol. The van der Waals surface area contributed by atoms with Crippen LogP contribution in [0.2, 0.25) is 0 Å². The normalized spacial score (nSPS) is 9.56. The number of aromatic amines is 1. The van der Waals surface area contributed by atoms with Gasteiger partial charge in [0.15, 0.2) is 5.82 Å². The molecule has 5 heteroatoms. The predicted molar refractivity (Wildman–Crippen MR) is 29.2 cm³/mol. The standard InChI is InChI=1S/C4H7N4O/c1-3-5-6-4(2)8(9)7-3/h1-2H3,(H,5,7,9)/q+1. The first-order valence-electron chi connectivity index (χ1n) is 2.53. The van der Waals surface area contributed by atoms with Crippen molar-refractivity contribution in [1.29, 1.82) is 0 Å². The summed E-state index contributed by atoms with van der Waals surface area (Å²) >= 11 is 0. The van der Waals surface area contributed by atoms with E-state index in [0.29, 0.717) is 16.2 Å². The minimum Gasteiger partial charge on any atom is -0.168 e. The Morgan fingerprint density at radius 3 is 2.56 bits per heavy atom. The van der Waals surface area contributed by atoms with Gasteiger partial charge in [0.1, 0.15) is 0 Å². The van der Waals surface area contributed by atoms with Gasteiger partial charge in [0.05, 0.1) is 16.6 Å². The zero-order valence-electron chi connectivity index (χ0n) is 5.25. The van der Waals surface area contributed by atoms with E-state index in [1.165, 1.54) is 0 Å². The first-order valence-corrected chi connectivity index (χ1v) is 2.53. The van der Waals surface area contributed by atoms with Gasteiger partial charge in [-0.1, -0.05) is 0 Å².